The highest BCUT2D eigenvalue weighted by molar-refractivity contribution is 7.02. The molecule has 0 aliphatic carbocycles. The summed E-state index contributed by atoms with van der Waals surface area (Å²) in [5.41, 5.74) is 26.1. The number of aryl methyl sites for hydroxylation is 5. The Morgan fingerprint density at radius 2 is 1.15 bits per heavy atom. The van der Waals surface area contributed by atoms with Crippen molar-refractivity contribution < 1.29 is 0 Å². The molecule has 0 unspecified atom stereocenters. The number of hydrogen-bond acceptors (Lipinski definition) is 0. The molecule has 0 N–H and O–H groups in total. The molecule has 3 nitrogen and oxygen atoms in total. The molecular weight excluding hydrogens is 665 g/mol. The van der Waals surface area contributed by atoms with Crippen LogP contribution in [-0.4, -0.2) is 20.1 Å². The molecule has 55 heavy (non-hydrogen) atoms. The molecule has 0 bridgehead atoms. The van der Waals surface area contributed by atoms with E-state index in [9.17, 15) is 0 Å². The Bertz CT molecular complexity index is 3800. The number of benzene rings is 7. The second kappa shape index (κ2) is 8.76. The van der Waals surface area contributed by atoms with Gasteiger partial charge in [-0.15, -0.1) is 0 Å². The van der Waals surface area contributed by atoms with Gasteiger partial charge in [0.05, 0.1) is 38.8 Å². The van der Waals surface area contributed by atoms with Gasteiger partial charge >= 0.3 is 0 Å². The molecule has 0 amide bonds. The minimum atomic E-state index is 0.000399. The molecule has 5 aromatic heterocycles. The number of imidazole rings is 1. The molecule has 12 aromatic rings. The quantitative estimate of drug-likeness (QED) is 0.140. The van der Waals surface area contributed by atoms with E-state index in [4.69, 9.17) is 0 Å². The van der Waals surface area contributed by atoms with E-state index in [1.165, 1.54) is 154 Å². The van der Waals surface area contributed by atoms with E-state index in [1.54, 1.807) is 0 Å². The van der Waals surface area contributed by atoms with E-state index in [1.807, 2.05) is 0 Å². The number of rotatable bonds is 0. The predicted molar refractivity (Wildman–Crippen MR) is 236 cm³/mol. The predicted octanol–water partition coefficient (Wildman–Crippen LogP) is 11.0. The zero-order valence-electron chi connectivity index (χ0n) is 32.5. The summed E-state index contributed by atoms with van der Waals surface area (Å²) in [6.07, 6.45) is 0. The summed E-state index contributed by atoms with van der Waals surface area (Å²) in [5.74, 6) is 0. The van der Waals surface area contributed by atoms with Gasteiger partial charge in [-0.05, 0) is 124 Å². The first-order valence-corrected chi connectivity index (χ1v) is 20.0. The lowest BCUT2D eigenvalue weighted by Crippen LogP contribution is -2.58. The van der Waals surface area contributed by atoms with Crippen LogP contribution in [0.15, 0.2) is 84.9 Å². The molecule has 4 heteroatoms. The van der Waals surface area contributed by atoms with Crippen molar-refractivity contribution in [2.75, 3.05) is 0 Å². The van der Waals surface area contributed by atoms with Crippen LogP contribution in [0.4, 0.5) is 0 Å². The Hall–Kier alpha value is -6.00. The molecule has 0 atom stereocenters. The summed E-state index contributed by atoms with van der Waals surface area (Å²) in [5, 5.41) is 12.5. The van der Waals surface area contributed by atoms with E-state index >= 15 is 0 Å². The van der Waals surface area contributed by atoms with Crippen molar-refractivity contribution >= 4 is 110 Å². The monoisotopic (exact) mass is 703 g/mol. The van der Waals surface area contributed by atoms with Gasteiger partial charge < -0.3 is 4.40 Å². The van der Waals surface area contributed by atoms with Crippen molar-refractivity contribution in [1.82, 2.24) is 13.4 Å². The summed E-state index contributed by atoms with van der Waals surface area (Å²) < 4.78 is 8.02. The molecule has 0 spiro atoms. The highest BCUT2D eigenvalue weighted by Crippen LogP contribution is 2.54. The summed E-state index contributed by atoms with van der Waals surface area (Å²) >= 11 is 0. The van der Waals surface area contributed by atoms with Crippen molar-refractivity contribution in [3.8, 4) is 16.8 Å². The maximum Gasteiger partial charge on any atom is 0.251 e. The second-order valence-corrected chi connectivity index (χ2v) is 18.4. The second-order valence-electron chi connectivity index (χ2n) is 18.4. The molecular formula is C51H38BN3. The fraction of sp³-hybridized carbons (Fsp3) is 0.176. The minimum absolute atomic E-state index is 0.000399. The first-order valence-electron chi connectivity index (χ1n) is 20.0. The summed E-state index contributed by atoms with van der Waals surface area (Å²) in [7, 11) is 0. The zero-order chi connectivity index (χ0) is 36.9. The van der Waals surface area contributed by atoms with Crippen LogP contribution in [0.2, 0.25) is 0 Å². The summed E-state index contributed by atoms with van der Waals surface area (Å²) in [4.78, 5) is 0. The van der Waals surface area contributed by atoms with Gasteiger partial charge in [-0.1, -0.05) is 98.5 Å². The van der Waals surface area contributed by atoms with Gasteiger partial charge in [-0.2, -0.15) is 0 Å². The zero-order valence-corrected chi connectivity index (χ0v) is 32.5. The van der Waals surface area contributed by atoms with Crippen LogP contribution in [-0.2, 0) is 5.41 Å². The van der Waals surface area contributed by atoms with Gasteiger partial charge in [0.15, 0.2) is 0 Å². The average Bonchev–Trinajstić information content (AvgIpc) is 3.93. The van der Waals surface area contributed by atoms with Gasteiger partial charge in [-0.3, -0.25) is 8.97 Å². The molecule has 14 rings (SSSR count). The van der Waals surface area contributed by atoms with E-state index in [2.05, 4.69) is 154 Å². The van der Waals surface area contributed by atoms with E-state index < -0.39 is 0 Å². The van der Waals surface area contributed by atoms with Gasteiger partial charge in [-0.25, -0.2) is 0 Å². The molecule has 260 valence electrons. The molecule has 2 aliphatic rings. The van der Waals surface area contributed by atoms with Crippen molar-refractivity contribution in [2.24, 2.45) is 0 Å². The van der Waals surface area contributed by atoms with Gasteiger partial charge in [0.25, 0.3) is 6.71 Å². The smallest absolute Gasteiger partial charge is 0.251 e. The van der Waals surface area contributed by atoms with Gasteiger partial charge in [0.2, 0.25) is 0 Å². The Balaban J connectivity index is 1.37. The number of para-hydroxylation sites is 2. The third-order valence-corrected chi connectivity index (χ3v) is 14.4. The largest absolute Gasteiger partial charge is 0.307 e. The maximum absolute atomic E-state index is 2.72. The molecule has 0 saturated carbocycles. The van der Waals surface area contributed by atoms with Gasteiger partial charge in [0.1, 0.15) is 5.65 Å². The first-order chi connectivity index (χ1) is 26.5. The topological polar surface area (TPSA) is 13.8 Å². The fourth-order valence-electron chi connectivity index (χ4n) is 12.0. The van der Waals surface area contributed by atoms with Crippen LogP contribution < -0.4 is 16.4 Å². The van der Waals surface area contributed by atoms with Crippen LogP contribution in [0, 0.1) is 34.6 Å². The number of hydrogen-bond donors (Lipinski definition) is 0. The molecule has 7 aromatic carbocycles. The third-order valence-electron chi connectivity index (χ3n) is 14.4. The highest BCUT2D eigenvalue weighted by atomic mass is 15.1. The Labute approximate surface area is 318 Å². The number of fused-ring (bicyclic) bond motifs is 15. The Kier molecular flexibility index (Phi) is 4.68. The highest BCUT2D eigenvalue weighted by Gasteiger charge is 2.46. The van der Waals surface area contributed by atoms with Crippen LogP contribution >= 0.6 is 0 Å². The van der Waals surface area contributed by atoms with Crippen molar-refractivity contribution in [2.45, 2.75) is 60.8 Å². The first kappa shape index (κ1) is 29.4. The molecule has 2 aliphatic heterocycles. The van der Waals surface area contributed by atoms with Gasteiger partial charge in [0, 0.05) is 32.3 Å². The minimum Gasteiger partial charge on any atom is -0.307 e. The number of aromatic nitrogens is 3. The molecule has 0 saturated heterocycles. The van der Waals surface area contributed by atoms with Crippen LogP contribution in [0.3, 0.4) is 0 Å². The number of nitrogens with zero attached hydrogens (tertiary/aromatic N) is 3. The van der Waals surface area contributed by atoms with Crippen LogP contribution in [0.25, 0.3) is 104 Å². The summed E-state index contributed by atoms with van der Waals surface area (Å²) in [6, 6.07) is 34.0. The maximum atomic E-state index is 2.72. The van der Waals surface area contributed by atoms with Crippen molar-refractivity contribution in [3.05, 3.63) is 118 Å². The third kappa shape index (κ3) is 2.97. The average molecular weight is 704 g/mol. The Morgan fingerprint density at radius 3 is 1.85 bits per heavy atom. The SMILES string of the molecule is Cc1cc2c3c(ccc(C(C)(C)C)c3c1)-c1c3c(c4c5cccc6c7cccc8c1c4n(c78)c65)-n1c4cc(C)c(C)cc4n4c5cc(C)c(C)cc5c(c14)B32. The molecule has 7 heterocycles. The van der Waals surface area contributed by atoms with E-state index in [-0.39, 0.29) is 12.1 Å². The standard InChI is InChI=1S/C51H38BN3/c1-23-17-33-35(51(6,7)8)16-15-30-40(33)36(18-23)52-44-34-19-24(2)25(3)20-37(34)53-38-21-26(4)27(5)22-39(38)54(50(44)53)49-43-32-14-10-12-29-28-11-9-13-31-42(41(30)45(49)52)48(43)55(46(28)31)47(29)32/h9-22H,1-8H3. The van der Waals surface area contributed by atoms with Crippen molar-refractivity contribution in [3.63, 3.8) is 0 Å². The summed E-state index contributed by atoms with van der Waals surface area (Å²) in [6.45, 7) is 18.7. The van der Waals surface area contributed by atoms with E-state index in [0.717, 1.165) is 0 Å². The lowest BCUT2D eigenvalue weighted by atomic mass is 9.32. The Morgan fingerprint density at radius 1 is 0.509 bits per heavy atom. The van der Waals surface area contributed by atoms with Crippen LogP contribution in [0.1, 0.15) is 54.2 Å². The van der Waals surface area contributed by atoms with E-state index in [0.29, 0.717) is 0 Å². The molecule has 0 fully saturated rings. The lowest BCUT2D eigenvalue weighted by Gasteiger charge is -2.35. The normalized spacial score (nSPS) is 14.1. The molecule has 0 radical (unpaired) electrons. The fourth-order valence-corrected chi connectivity index (χ4v) is 12.0. The lowest BCUT2D eigenvalue weighted by molar-refractivity contribution is 0.596. The van der Waals surface area contributed by atoms with Crippen molar-refractivity contribution in [1.29, 1.82) is 0 Å². The van der Waals surface area contributed by atoms with Crippen LogP contribution in [0.5, 0.6) is 0 Å².